The zero-order valence-electron chi connectivity index (χ0n) is 6.21. The number of nitrogens with zero attached hydrogens (tertiary/aromatic N) is 1. The van der Waals surface area contributed by atoms with Gasteiger partial charge in [0.1, 0.15) is 0 Å². The Bertz CT molecular complexity index is 180. The predicted octanol–water partition coefficient (Wildman–Crippen LogP) is 0.933. The molecule has 0 radical (unpaired) electrons. The average molecular weight is 171 g/mol. The topological polar surface area (TPSA) is 35.8 Å². The van der Waals surface area contributed by atoms with E-state index in [1.165, 1.54) is 0 Å². The number of hydrogen-bond acceptors (Lipinski definition) is 2. The smallest absolute Gasteiger partial charge is 0.0657 e. The third kappa shape index (κ3) is 2.80. The quantitative estimate of drug-likeness (QED) is 0.626. The molecule has 60 valence electrons. The van der Waals surface area contributed by atoms with Crippen LogP contribution in [0.3, 0.4) is 0 Å². The molecule has 1 aliphatic rings. The highest BCUT2D eigenvalue weighted by Crippen LogP contribution is 2.25. The van der Waals surface area contributed by atoms with Gasteiger partial charge in [0.25, 0.3) is 0 Å². The van der Waals surface area contributed by atoms with E-state index in [9.17, 15) is 0 Å². The lowest BCUT2D eigenvalue weighted by molar-refractivity contribution is 0.284. The molecule has 0 aromatic heterocycles. The summed E-state index contributed by atoms with van der Waals surface area (Å²) < 4.78 is 0. The minimum atomic E-state index is 0. The predicted molar refractivity (Wildman–Crippen MR) is 46.2 cm³/mol. The van der Waals surface area contributed by atoms with Gasteiger partial charge in [-0.15, -0.1) is 18.8 Å². The lowest BCUT2D eigenvalue weighted by Gasteiger charge is -2.30. The minimum absolute atomic E-state index is 0. The molecule has 0 amide bonds. The number of nitriles is 1. The van der Waals surface area contributed by atoms with Crippen LogP contribution in [0.25, 0.3) is 0 Å². The molecule has 0 spiro atoms. The molecule has 11 heavy (non-hydrogen) atoms. The van der Waals surface area contributed by atoms with Crippen LogP contribution in [0.15, 0.2) is 0 Å². The van der Waals surface area contributed by atoms with Crippen molar-refractivity contribution in [3.8, 4) is 18.4 Å². The summed E-state index contributed by atoms with van der Waals surface area (Å²) in [5.41, 5.74) is 0. The van der Waals surface area contributed by atoms with Crippen LogP contribution >= 0.6 is 12.4 Å². The van der Waals surface area contributed by atoms with Crippen molar-refractivity contribution < 1.29 is 0 Å². The van der Waals surface area contributed by atoms with Crippen LogP contribution in [0.4, 0.5) is 0 Å². The van der Waals surface area contributed by atoms with Crippen molar-refractivity contribution in [1.82, 2.24) is 5.32 Å². The Morgan fingerprint density at radius 1 is 1.55 bits per heavy atom. The van der Waals surface area contributed by atoms with Gasteiger partial charge in [-0.25, -0.2) is 0 Å². The highest BCUT2D eigenvalue weighted by Gasteiger charge is 2.27. The third-order valence-corrected chi connectivity index (χ3v) is 1.81. The van der Waals surface area contributed by atoms with Gasteiger partial charge in [0.2, 0.25) is 0 Å². The number of halogens is 1. The molecule has 0 atom stereocenters. The fourth-order valence-corrected chi connectivity index (χ4v) is 1.09. The maximum absolute atomic E-state index is 8.41. The van der Waals surface area contributed by atoms with E-state index in [0.29, 0.717) is 12.6 Å². The molecule has 1 saturated carbocycles. The Kier molecular flexibility index (Phi) is 4.70. The monoisotopic (exact) mass is 170 g/mol. The van der Waals surface area contributed by atoms with E-state index in [4.69, 9.17) is 11.7 Å². The second-order valence-electron chi connectivity index (χ2n) is 2.58. The average Bonchev–Trinajstić information content (AvgIpc) is 1.86. The summed E-state index contributed by atoms with van der Waals surface area (Å²) in [5, 5.41) is 11.6. The lowest BCUT2D eigenvalue weighted by atomic mass is 9.81. The van der Waals surface area contributed by atoms with Gasteiger partial charge < -0.3 is 5.32 Å². The van der Waals surface area contributed by atoms with Crippen molar-refractivity contribution >= 4 is 12.4 Å². The summed E-state index contributed by atoms with van der Waals surface area (Å²) >= 11 is 0. The molecule has 0 aromatic carbocycles. The molecule has 0 heterocycles. The van der Waals surface area contributed by atoms with Gasteiger partial charge in [-0.2, -0.15) is 5.26 Å². The summed E-state index contributed by atoms with van der Waals surface area (Å²) in [6.07, 6.45) is 6.99. The van der Waals surface area contributed by atoms with Gasteiger partial charge in [0, 0.05) is 12.0 Å². The first-order valence-electron chi connectivity index (χ1n) is 3.43. The molecule has 0 aromatic rings. The summed E-state index contributed by atoms with van der Waals surface area (Å²) in [7, 11) is 0. The van der Waals surface area contributed by atoms with Crippen molar-refractivity contribution in [2.75, 3.05) is 6.54 Å². The van der Waals surface area contributed by atoms with Crippen molar-refractivity contribution in [2.45, 2.75) is 18.9 Å². The van der Waals surface area contributed by atoms with Gasteiger partial charge in [0.05, 0.1) is 12.6 Å². The maximum atomic E-state index is 8.41. The molecule has 0 saturated heterocycles. The van der Waals surface area contributed by atoms with Crippen molar-refractivity contribution in [2.24, 2.45) is 5.92 Å². The van der Waals surface area contributed by atoms with Crippen LogP contribution in [0.1, 0.15) is 12.8 Å². The van der Waals surface area contributed by atoms with Crippen LogP contribution in [0.2, 0.25) is 0 Å². The van der Waals surface area contributed by atoms with Crippen LogP contribution in [0, 0.1) is 29.6 Å². The summed E-state index contributed by atoms with van der Waals surface area (Å²) in [5.74, 6) is 2.78. The van der Waals surface area contributed by atoms with E-state index >= 15 is 0 Å². The molecule has 0 unspecified atom stereocenters. The van der Waals surface area contributed by atoms with E-state index in [1.807, 2.05) is 0 Å². The lowest BCUT2D eigenvalue weighted by Crippen LogP contribution is -2.40. The van der Waals surface area contributed by atoms with Gasteiger partial charge in [-0.1, -0.05) is 5.92 Å². The maximum Gasteiger partial charge on any atom is 0.0657 e. The highest BCUT2D eigenvalue weighted by atomic mass is 35.5. The van der Waals surface area contributed by atoms with Gasteiger partial charge in [-0.3, -0.25) is 0 Å². The van der Waals surface area contributed by atoms with Crippen LogP contribution in [0.5, 0.6) is 0 Å². The van der Waals surface area contributed by atoms with Crippen LogP contribution in [-0.4, -0.2) is 12.6 Å². The molecule has 0 aliphatic heterocycles. The Balaban J connectivity index is 0.000001000. The highest BCUT2D eigenvalue weighted by molar-refractivity contribution is 5.85. The van der Waals surface area contributed by atoms with E-state index in [2.05, 4.69) is 17.3 Å². The van der Waals surface area contributed by atoms with Crippen LogP contribution < -0.4 is 5.32 Å². The van der Waals surface area contributed by atoms with Gasteiger partial charge in [0.15, 0.2) is 0 Å². The second-order valence-corrected chi connectivity index (χ2v) is 2.58. The fourth-order valence-electron chi connectivity index (χ4n) is 1.09. The Morgan fingerprint density at radius 2 is 2.18 bits per heavy atom. The standard InChI is InChI=1S/C8H10N2.ClH/c1-2-3-10-8-4-7(5-8)6-9;/h1,7-8,10H,3-5H2;1H. The van der Waals surface area contributed by atoms with Crippen molar-refractivity contribution in [3.05, 3.63) is 0 Å². The molecule has 3 heteroatoms. The van der Waals surface area contributed by atoms with Gasteiger partial charge >= 0.3 is 0 Å². The zero-order valence-corrected chi connectivity index (χ0v) is 7.03. The molecule has 1 fully saturated rings. The number of nitrogens with one attached hydrogen (secondary N) is 1. The molecule has 2 nitrogen and oxygen atoms in total. The summed E-state index contributed by atoms with van der Waals surface area (Å²) in [6, 6.07) is 2.72. The fraction of sp³-hybridized carbons (Fsp3) is 0.625. The van der Waals surface area contributed by atoms with Crippen molar-refractivity contribution in [1.29, 1.82) is 5.26 Å². The second kappa shape index (κ2) is 5.02. The molecular weight excluding hydrogens is 160 g/mol. The number of hydrogen-bond donors (Lipinski definition) is 1. The Morgan fingerprint density at radius 3 is 2.64 bits per heavy atom. The molecule has 1 N–H and O–H groups in total. The summed E-state index contributed by atoms with van der Waals surface area (Å²) in [6.45, 7) is 0.628. The molecule has 1 aliphatic carbocycles. The first-order chi connectivity index (χ1) is 4.86. The van der Waals surface area contributed by atoms with Crippen molar-refractivity contribution in [3.63, 3.8) is 0 Å². The number of rotatable bonds is 2. The zero-order chi connectivity index (χ0) is 7.40. The molecule has 1 rings (SSSR count). The van der Waals surface area contributed by atoms with E-state index in [1.54, 1.807) is 0 Å². The summed E-state index contributed by atoms with van der Waals surface area (Å²) in [4.78, 5) is 0. The SMILES string of the molecule is C#CCNC1CC(C#N)C1.Cl. The first-order valence-corrected chi connectivity index (χ1v) is 3.43. The van der Waals surface area contributed by atoms with Crippen LogP contribution in [-0.2, 0) is 0 Å². The minimum Gasteiger partial charge on any atom is -0.303 e. The Hall–Kier alpha value is -0.700. The van der Waals surface area contributed by atoms with E-state index in [0.717, 1.165) is 12.8 Å². The van der Waals surface area contributed by atoms with E-state index in [-0.39, 0.29) is 18.3 Å². The number of terminal acetylenes is 1. The molecular formula is C8H11ClN2. The third-order valence-electron chi connectivity index (χ3n) is 1.81. The Labute approximate surface area is 73.4 Å². The largest absolute Gasteiger partial charge is 0.303 e. The van der Waals surface area contributed by atoms with E-state index < -0.39 is 0 Å². The van der Waals surface area contributed by atoms with Gasteiger partial charge in [-0.05, 0) is 12.8 Å². The normalized spacial score (nSPS) is 27.1. The molecule has 0 bridgehead atoms. The first kappa shape index (κ1) is 10.3.